The molecule has 0 aromatic heterocycles. The number of ether oxygens (including phenoxy) is 2. The zero-order valence-corrected chi connectivity index (χ0v) is 19.8. The Morgan fingerprint density at radius 2 is 1.69 bits per heavy atom. The fraction of sp³-hybridized carbons (Fsp3) is 0.310. The second-order valence-corrected chi connectivity index (χ2v) is 9.96. The summed E-state index contributed by atoms with van der Waals surface area (Å²) in [4.78, 5) is 45.0. The van der Waals surface area contributed by atoms with Crippen LogP contribution >= 0.6 is 0 Å². The molecule has 3 aliphatic rings. The number of anilines is 1. The molecule has 0 spiro atoms. The summed E-state index contributed by atoms with van der Waals surface area (Å²) in [5.41, 5.74) is -0.173. The Kier molecular flexibility index (Phi) is 4.99. The molecule has 3 aromatic rings. The fourth-order valence-electron chi connectivity index (χ4n) is 6.38. The van der Waals surface area contributed by atoms with Crippen LogP contribution in [0.4, 0.5) is 11.4 Å². The third-order valence-corrected chi connectivity index (χ3v) is 8.02. The molecule has 0 N–H and O–H groups in total. The van der Waals surface area contributed by atoms with Crippen LogP contribution in [-0.2, 0) is 19.1 Å². The maximum absolute atomic E-state index is 13.9. The van der Waals surface area contributed by atoms with Crippen LogP contribution in [0.3, 0.4) is 0 Å². The molecule has 180 valence electrons. The number of imide groups is 1. The molecular weight excluding hydrogens is 456 g/mol. The van der Waals surface area contributed by atoms with Crippen LogP contribution in [0.5, 0.6) is 0 Å². The van der Waals surface area contributed by atoms with Gasteiger partial charge in [0.2, 0.25) is 11.8 Å². The van der Waals surface area contributed by atoms with Gasteiger partial charge >= 0.3 is 5.97 Å². The number of carbonyl (C=O) groups excluding carboxylic acids is 3. The molecule has 7 heteroatoms. The quantitative estimate of drug-likeness (QED) is 0.290. The van der Waals surface area contributed by atoms with Crippen LogP contribution in [0.2, 0.25) is 0 Å². The van der Waals surface area contributed by atoms with E-state index < -0.39 is 29.0 Å². The van der Waals surface area contributed by atoms with E-state index in [2.05, 4.69) is 4.85 Å². The molecule has 3 saturated heterocycles. The minimum absolute atomic E-state index is 0.0944. The monoisotopic (exact) mass is 480 g/mol. The van der Waals surface area contributed by atoms with E-state index in [9.17, 15) is 14.4 Å². The van der Waals surface area contributed by atoms with Crippen LogP contribution in [-0.4, -0.2) is 35.6 Å². The number of hydrogen-bond acceptors (Lipinski definition) is 5. The first kappa shape index (κ1) is 22.4. The zero-order chi connectivity index (χ0) is 25.1. The van der Waals surface area contributed by atoms with Gasteiger partial charge in [-0.2, -0.15) is 0 Å². The van der Waals surface area contributed by atoms with Gasteiger partial charge in [0.05, 0.1) is 47.5 Å². The Morgan fingerprint density at radius 3 is 2.44 bits per heavy atom. The van der Waals surface area contributed by atoms with E-state index in [-0.39, 0.29) is 18.4 Å². The number of amides is 2. The van der Waals surface area contributed by atoms with Crippen molar-refractivity contribution in [2.75, 3.05) is 11.5 Å². The molecule has 2 amide bonds. The molecule has 36 heavy (non-hydrogen) atoms. The van der Waals surface area contributed by atoms with E-state index in [1.54, 1.807) is 36.4 Å². The van der Waals surface area contributed by atoms with Crippen molar-refractivity contribution in [3.05, 3.63) is 83.7 Å². The van der Waals surface area contributed by atoms with E-state index in [4.69, 9.17) is 16.0 Å². The fourth-order valence-corrected chi connectivity index (χ4v) is 6.38. The largest absolute Gasteiger partial charge is 0.462 e. The maximum Gasteiger partial charge on any atom is 0.338 e. The lowest BCUT2D eigenvalue weighted by Crippen LogP contribution is -2.43. The summed E-state index contributed by atoms with van der Waals surface area (Å²) >= 11 is 0. The maximum atomic E-state index is 13.9. The van der Waals surface area contributed by atoms with Gasteiger partial charge in [-0.3, -0.25) is 9.59 Å². The highest BCUT2D eigenvalue weighted by Crippen LogP contribution is 2.62. The number of esters is 1. The molecule has 6 rings (SSSR count). The van der Waals surface area contributed by atoms with E-state index >= 15 is 0 Å². The van der Waals surface area contributed by atoms with Crippen molar-refractivity contribution >= 4 is 39.9 Å². The molecule has 3 heterocycles. The van der Waals surface area contributed by atoms with Gasteiger partial charge in [-0.15, -0.1) is 0 Å². The van der Waals surface area contributed by atoms with Crippen LogP contribution in [0, 0.1) is 18.4 Å². The molecule has 0 radical (unpaired) electrons. The van der Waals surface area contributed by atoms with Crippen molar-refractivity contribution in [3.63, 3.8) is 0 Å². The molecule has 2 unspecified atom stereocenters. The summed E-state index contributed by atoms with van der Waals surface area (Å²) in [5, 5.41) is 1.40. The van der Waals surface area contributed by atoms with Crippen molar-refractivity contribution in [2.45, 2.75) is 37.4 Å². The first-order valence-corrected chi connectivity index (χ1v) is 12.1. The Hall–Kier alpha value is -4.02. The third kappa shape index (κ3) is 3.11. The van der Waals surface area contributed by atoms with Crippen molar-refractivity contribution < 1.29 is 23.9 Å². The second kappa shape index (κ2) is 8.00. The molecular formula is C29H24N2O5. The molecule has 0 aliphatic carbocycles. The van der Waals surface area contributed by atoms with Crippen LogP contribution in [0.1, 0.15) is 36.5 Å². The van der Waals surface area contributed by atoms with Crippen LogP contribution in [0.15, 0.2) is 66.7 Å². The van der Waals surface area contributed by atoms with Crippen molar-refractivity contribution in [3.8, 4) is 0 Å². The Balaban J connectivity index is 1.31. The number of fused-ring (bicyclic) bond motifs is 6. The minimum Gasteiger partial charge on any atom is -0.462 e. The Labute approximate surface area is 208 Å². The average molecular weight is 481 g/mol. The van der Waals surface area contributed by atoms with Gasteiger partial charge in [0.1, 0.15) is 0 Å². The van der Waals surface area contributed by atoms with Gasteiger partial charge in [-0.05, 0) is 48.7 Å². The molecule has 7 nitrogen and oxygen atoms in total. The summed E-state index contributed by atoms with van der Waals surface area (Å²) in [7, 11) is 0. The number of benzene rings is 3. The third-order valence-electron chi connectivity index (χ3n) is 8.02. The molecule has 3 aromatic carbocycles. The molecule has 4 atom stereocenters. The van der Waals surface area contributed by atoms with E-state index in [1.165, 1.54) is 4.90 Å². The van der Waals surface area contributed by atoms with Gasteiger partial charge in [0.15, 0.2) is 5.69 Å². The van der Waals surface area contributed by atoms with Crippen LogP contribution in [0.25, 0.3) is 15.6 Å². The molecule has 2 bridgehead atoms. The van der Waals surface area contributed by atoms with Gasteiger partial charge in [0, 0.05) is 6.42 Å². The smallest absolute Gasteiger partial charge is 0.338 e. The average Bonchev–Trinajstić information content (AvgIpc) is 3.48. The standard InChI is InChI=1S/C29H24N2O5/c1-28-14-15-29(36-28,16-17-35-27(34)18-8-4-3-5-9-18)24-23(28)25(32)31(26(24)33)22-13-12-21(30-2)19-10-6-7-11-20(19)22/h3-13,23-24H,14-17H2,1H3/t23-,24+,28?,29?/m1/s1. The SMILES string of the molecule is [C-]#[N+]c1ccc(N2C(=O)[C@@H]3[C@H](C2=O)C2(C)CCC3(CCOC(=O)c3ccccc3)O2)c2ccccc12. The first-order chi connectivity index (χ1) is 17.4. The summed E-state index contributed by atoms with van der Waals surface area (Å²) < 4.78 is 12.0. The summed E-state index contributed by atoms with van der Waals surface area (Å²) in [6.07, 6.45) is 1.62. The number of nitrogens with zero attached hydrogens (tertiary/aromatic N) is 2. The highest BCUT2D eigenvalue weighted by Gasteiger charge is 2.73. The Morgan fingerprint density at radius 1 is 1.00 bits per heavy atom. The van der Waals surface area contributed by atoms with E-state index in [0.29, 0.717) is 47.0 Å². The summed E-state index contributed by atoms with van der Waals surface area (Å²) in [6, 6.07) is 19.4. The number of rotatable bonds is 5. The van der Waals surface area contributed by atoms with Crippen molar-refractivity contribution in [2.24, 2.45) is 11.8 Å². The van der Waals surface area contributed by atoms with Crippen molar-refractivity contribution in [1.82, 2.24) is 0 Å². The highest BCUT2D eigenvalue weighted by molar-refractivity contribution is 6.26. The number of carbonyl (C=O) groups is 3. The van der Waals surface area contributed by atoms with Gasteiger partial charge in [-0.1, -0.05) is 48.5 Å². The highest BCUT2D eigenvalue weighted by atomic mass is 16.6. The van der Waals surface area contributed by atoms with Gasteiger partial charge in [-0.25, -0.2) is 14.5 Å². The molecule has 3 aliphatic heterocycles. The summed E-state index contributed by atoms with van der Waals surface area (Å²) in [5.74, 6) is -2.22. The van der Waals surface area contributed by atoms with Crippen LogP contribution < -0.4 is 4.90 Å². The lowest BCUT2D eigenvalue weighted by Gasteiger charge is -2.31. The Bertz CT molecular complexity index is 1460. The normalized spacial score (nSPS) is 28.4. The van der Waals surface area contributed by atoms with Gasteiger partial charge < -0.3 is 9.47 Å². The lowest BCUT2D eigenvalue weighted by atomic mass is 9.67. The predicted octanol–water partition coefficient (Wildman–Crippen LogP) is 5.06. The summed E-state index contributed by atoms with van der Waals surface area (Å²) in [6.45, 7) is 9.48. The van der Waals surface area contributed by atoms with E-state index in [1.807, 2.05) is 37.3 Å². The first-order valence-electron chi connectivity index (χ1n) is 12.1. The van der Waals surface area contributed by atoms with Gasteiger partial charge in [0.25, 0.3) is 0 Å². The molecule has 0 saturated carbocycles. The second-order valence-electron chi connectivity index (χ2n) is 9.96. The minimum atomic E-state index is -0.857. The molecule has 3 fully saturated rings. The lowest BCUT2D eigenvalue weighted by molar-refractivity contribution is -0.131. The zero-order valence-electron chi connectivity index (χ0n) is 19.8. The topological polar surface area (TPSA) is 77.3 Å². The predicted molar refractivity (Wildman–Crippen MR) is 132 cm³/mol. The number of hydrogen-bond donors (Lipinski definition) is 0. The van der Waals surface area contributed by atoms with Crippen molar-refractivity contribution in [1.29, 1.82) is 0 Å². The van der Waals surface area contributed by atoms with E-state index in [0.717, 1.165) is 0 Å².